The topological polar surface area (TPSA) is 56.1 Å². The van der Waals surface area contributed by atoms with Gasteiger partial charge in [-0.3, -0.25) is 10.1 Å². The second-order valence-electron chi connectivity index (χ2n) is 4.32. The highest BCUT2D eigenvalue weighted by Crippen LogP contribution is 2.02. The van der Waals surface area contributed by atoms with Gasteiger partial charge in [0.05, 0.1) is 12.5 Å². The number of rotatable bonds is 7. The maximum absolute atomic E-state index is 11.9. The Hall–Kier alpha value is -1.86. The minimum atomic E-state index is -0.437. The van der Waals surface area contributed by atoms with Crippen LogP contribution in [0.3, 0.4) is 0 Å². The van der Waals surface area contributed by atoms with Crippen LogP contribution in [-0.4, -0.2) is 29.9 Å². The Morgan fingerprint density at radius 3 is 2.47 bits per heavy atom. The summed E-state index contributed by atoms with van der Waals surface area (Å²) in [7, 11) is 0. The second kappa shape index (κ2) is 8.28. The van der Waals surface area contributed by atoms with Crippen LogP contribution in [0.25, 0.3) is 0 Å². The van der Waals surface area contributed by atoms with Crippen LogP contribution in [0.1, 0.15) is 25.8 Å². The van der Waals surface area contributed by atoms with Crippen molar-refractivity contribution in [3.63, 3.8) is 0 Å². The smallest absolute Gasteiger partial charge is 0.225 e. The van der Waals surface area contributed by atoms with E-state index >= 15 is 0 Å². The van der Waals surface area contributed by atoms with Crippen LogP contribution in [0, 0.1) is 11.3 Å². The van der Waals surface area contributed by atoms with Crippen LogP contribution >= 0.6 is 0 Å². The van der Waals surface area contributed by atoms with Crippen molar-refractivity contribution in [3.05, 3.63) is 35.9 Å². The molecule has 0 saturated heterocycles. The van der Waals surface area contributed by atoms with E-state index in [1.165, 1.54) is 0 Å². The van der Waals surface area contributed by atoms with Gasteiger partial charge in [0.2, 0.25) is 5.91 Å². The number of hydrogen-bond donors (Lipinski definition) is 1. The molecule has 0 bridgehead atoms. The summed E-state index contributed by atoms with van der Waals surface area (Å²) in [6.45, 7) is 5.86. The molecular formula is C15H21N3O. The summed E-state index contributed by atoms with van der Waals surface area (Å²) in [6.07, 6.45) is 0.227. The lowest BCUT2D eigenvalue weighted by atomic mass is 10.1. The Balaban J connectivity index is 2.46. The summed E-state index contributed by atoms with van der Waals surface area (Å²) in [5.74, 6) is 0.0251. The quantitative estimate of drug-likeness (QED) is 0.814. The van der Waals surface area contributed by atoms with Gasteiger partial charge in [-0.2, -0.15) is 5.26 Å². The largest absolute Gasteiger partial charge is 0.343 e. The molecule has 0 aliphatic carbocycles. The van der Waals surface area contributed by atoms with Gasteiger partial charge in [0.25, 0.3) is 0 Å². The normalized spacial score (nSPS) is 11.6. The molecule has 0 aromatic heterocycles. The van der Waals surface area contributed by atoms with Crippen molar-refractivity contribution in [1.82, 2.24) is 10.2 Å². The van der Waals surface area contributed by atoms with E-state index < -0.39 is 6.04 Å². The third kappa shape index (κ3) is 5.11. The maximum Gasteiger partial charge on any atom is 0.225 e. The molecule has 19 heavy (non-hydrogen) atoms. The zero-order valence-corrected chi connectivity index (χ0v) is 11.6. The number of nitrogens with zero attached hydrogens (tertiary/aromatic N) is 2. The highest BCUT2D eigenvalue weighted by Gasteiger charge is 2.16. The molecule has 0 saturated carbocycles. The average Bonchev–Trinajstić information content (AvgIpc) is 2.45. The van der Waals surface area contributed by atoms with Crippen LogP contribution in [0.4, 0.5) is 0 Å². The first-order valence-corrected chi connectivity index (χ1v) is 6.65. The lowest BCUT2D eigenvalue weighted by Gasteiger charge is -2.20. The van der Waals surface area contributed by atoms with Crippen molar-refractivity contribution in [1.29, 1.82) is 5.26 Å². The lowest BCUT2D eigenvalue weighted by Crippen LogP contribution is -2.37. The number of carbonyl (C=O) groups is 1. The van der Waals surface area contributed by atoms with Gasteiger partial charge >= 0.3 is 0 Å². The van der Waals surface area contributed by atoms with E-state index in [1.54, 1.807) is 4.90 Å². The first-order chi connectivity index (χ1) is 9.21. The van der Waals surface area contributed by atoms with E-state index in [-0.39, 0.29) is 12.3 Å². The zero-order valence-electron chi connectivity index (χ0n) is 11.6. The zero-order chi connectivity index (χ0) is 14.1. The van der Waals surface area contributed by atoms with Crippen molar-refractivity contribution >= 4 is 5.91 Å². The van der Waals surface area contributed by atoms with E-state index in [9.17, 15) is 4.79 Å². The molecule has 1 aromatic carbocycles. The fourth-order valence-corrected chi connectivity index (χ4v) is 1.88. The molecule has 1 aromatic rings. The van der Waals surface area contributed by atoms with Gasteiger partial charge in [-0.05, 0) is 19.4 Å². The number of amides is 1. The van der Waals surface area contributed by atoms with Crippen molar-refractivity contribution in [2.24, 2.45) is 0 Å². The number of nitriles is 1. The predicted octanol–water partition coefficient (Wildman–Crippen LogP) is 1.93. The number of benzene rings is 1. The molecule has 1 rings (SSSR count). The monoisotopic (exact) mass is 259 g/mol. The highest BCUT2D eigenvalue weighted by atomic mass is 16.2. The summed E-state index contributed by atoms with van der Waals surface area (Å²) in [5, 5.41) is 12.2. The van der Waals surface area contributed by atoms with E-state index in [1.807, 2.05) is 44.2 Å². The summed E-state index contributed by atoms with van der Waals surface area (Å²) in [6, 6.07) is 11.6. The predicted molar refractivity (Wildman–Crippen MR) is 75.2 cm³/mol. The Morgan fingerprint density at radius 2 is 1.95 bits per heavy atom. The van der Waals surface area contributed by atoms with Crippen LogP contribution in [-0.2, 0) is 11.3 Å². The summed E-state index contributed by atoms with van der Waals surface area (Å²) >= 11 is 0. The first kappa shape index (κ1) is 15.2. The first-order valence-electron chi connectivity index (χ1n) is 6.65. The van der Waals surface area contributed by atoms with E-state index in [0.29, 0.717) is 19.6 Å². The summed E-state index contributed by atoms with van der Waals surface area (Å²) in [5.41, 5.74) is 1.11. The molecule has 1 atom stereocenters. The number of hydrogen-bond acceptors (Lipinski definition) is 3. The van der Waals surface area contributed by atoms with Gasteiger partial charge in [-0.1, -0.05) is 30.3 Å². The van der Waals surface area contributed by atoms with Crippen molar-refractivity contribution in [2.75, 3.05) is 13.1 Å². The molecule has 0 aliphatic heterocycles. The third-order valence-corrected chi connectivity index (χ3v) is 3.05. The van der Waals surface area contributed by atoms with Crippen molar-refractivity contribution < 1.29 is 4.79 Å². The number of nitrogens with one attached hydrogen (secondary N) is 1. The van der Waals surface area contributed by atoms with E-state index in [0.717, 1.165) is 5.56 Å². The van der Waals surface area contributed by atoms with Crippen LogP contribution in [0.5, 0.6) is 0 Å². The van der Waals surface area contributed by atoms with Gasteiger partial charge in [0.15, 0.2) is 0 Å². The minimum absolute atomic E-state index is 0.0251. The molecular weight excluding hydrogens is 238 g/mol. The van der Waals surface area contributed by atoms with Gasteiger partial charge in [0, 0.05) is 19.6 Å². The molecule has 4 nitrogen and oxygen atoms in total. The number of carbonyl (C=O) groups excluding carboxylic acids is 1. The van der Waals surface area contributed by atoms with E-state index in [2.05, 4.69) is 11.4 Å². The highest BCUT2D eigenvalue weighted by molar-refractivity contribution is 5.77. The minimum Gasteiger partial charge on any atom is -0.343 e. The van der Waals surface area contributed by atoms with Gasteiger partial charge < -0.3 is 4.90 Å². The molecule has 102 valence electrons. The van der Waals surface area contributed by atoms with E-state index in [4.69, 9.17) is 5.26 Å². The molecule has 0 spiro atoms. The fourth-order valence-electron chi connectivity index (χ4n) is 1.88. The van der Waals surface area contributed by atoms with Crippen LogP contribution in [0.15, 0.2) is 30.3 Å². The van der Waals surface area contributed by atoms with Crippen molar-refractivity contribution in [2.45, 2.75) is 32.9 Å². The van der Waals surface area contributed by atoms with Crippen molar-refractivity contribution in [3.8, 4) is 6.07 Å². The van der Waals surface area contributed by atoms with Gasteiger partial charge in [0.1, 0.15) is 6.04 Å². The molecule has 0 heterocycles. The molecule has 0 radical (unpaired) electrons. The summed E-state index contributed by atoms with van der Waals surface area (Å²) in [4.78, 5) is 13.7. The van der Waals surface area contributed by atoms with Crippen LogP contribution < -0.4 is 5.32 Å². The SMILES string of the molecule is CCN(CC)C(=O)CC(C#N)NCc1ccccc1. The Bertz CT molecular complexity index is 421. The molecule has 1 unspecified atom stereocenters. The second-order valence-corrected chi connectivity index (χ2v) is 4.32. The third-order valence-electron chi connectivity index (χ3n) is 3.05. The standard InChI is InChI=1S/C15H21N3O/c1-3-18(4-2)15(19)10-14(11-16)17-12-13-8-6-5-7-9-13/h5-9,14,17H,3-4,10,12H2,1-2H3. The average molecular weight is 259 g/mol. The molecule has 4 heteroatoms. The summed E-state index contributed by atoms with van der Waals surface area (Å²) < 4.78 is 0. The maximum atomic E-state index is 11.9. The molecule has 0 fully saturated rings. The fraction of sp³-hybridized carbons (Fsp3) is 0.467. The molecule has 1 amide bonds. The lowest BCUT2D eigenvalue weighted by molar-refractivity contribution is -0.131. The van der Waals surface area contributed by atoms with Gasteiger partial charge in [-0.25, -0.2) is 0 Å². The Morgan fingerprint density at radius 1 is 1.32 bits per heavy atom. The Labute approximate surface area is 115 Å². The molecule has 1 N–H and O–H groups in total. The molecule has 0 aliphatic rings. The Kier molecular flexibility index (Phi) is 6.62. The van der Waals surface area contributed by atoms with Crippen LogP contribution in [0.2, 0.25) is 0 Å². The van der Waals surface area contributed by atoms with Gasteiger partial charge in [-0.15, -0.1) is 0 Å².